The van der Waals surface area contributed by atoms with Gasteiger partial charge in [-0.15, -0.1) is 0 Å². The smallest absolute Gasteiger partial charge is 0.265 e. The number of halogens is 2. The van der Waals surface area contributed by atoms with Gasteiger partial charge in [0.2, 0.25) is 11.8 Å². The third-order valence-corrected chi connectivity index (χ3v) is 10.2. The van der Waals surface area contributed by atoms with E-state index in [2.05, 4.69) is 5.32 Å². The first-order valence-electron chi connectivity index (χ1n) is 14.3. The first kappa shape index (κ1) is 30.9. The fourth-order valence-corrected chi connectivity index (χ4v) is 7.76. The molecule has 1 aliphatic heterocycles. The third kappa shape index (κ3) is 6.51. The van der Waals surface area contributed by atoms with E-state index in [0.717, 1.165) is 17.4 Å². The van der Waals surface area contributed by atoms with E-state index < -0.39 is 16.1 Å². The lowest BCUT2D eigenvalue weighted by Crippen LogP contribution is -2.50. The van der Waals surface area contributed by atoms with Gasteiger partial charge >= 0.3 is 0 Å². The highest BCUT2D eigenvalue weighted by Crippen LogP contribution is 2.42. The molecule has 0 spiro atoms. The van der Waals surface area contributed by atoms with E-state index in [1.807, 2.05) is 55.5 Å². The molecule has 0 saturated carbocycles. The van der Waals surface area contributed by atoms with Gasteiger partial charge in [-0.3, -0.25) is 13.9 Å². The normalized spacial score (nSPS) is 14.1. The Morgan fingerprint density at radius 1 is 0.907 bits per heavy atom. The second-order valence-corrected chi connectivity index (χ2v) is 13.2. The molecule has 0 radical (unpaired) electrons. The van der Waals surface area contributed by atoms with Gasteiger partial charge in [-0.05, 0) is 48.1 Å². The largest absolute Gasteiger partial charge is 0.354 e. The summed E-state index contributed by atoms with van der Waals surface area (Å²) < 4.78 is 28.3. The molecule has 2 amide bonds. The Kier molecular flexibility index (Phi) is 9.59. The van der Waals surface area contributed by atoms with Crippen molar-refractivity contribution in [1.82, 2.24) is 10.2 Å². The number of amides is 2. The van der Waals surface area contributed by atoms with Crippen molar-refractivity contribution in [3.8, 4) is 0 Å². The molecule has 0 aliphatic carbocycles. The molecule has 1 heterocycles. The summed E-state index contributed by atoms with van der Waals surface area (Å²) in [7, 11) is -3.75. The molecule has 1 N–H and O–H groups in total. The van der Waals surface area contributed by atoms with Crippen molar-refractivity contribution in [3.05, 3.63) is 106 Å². The van der Waals surface area contributed by atoms with Crippen molar-refractivity contribution in [1.29, 1.82) is 0 Å². The molecule has 7 nitrogen and oxygen atoms in total. The molecule has 0 saturated heterocycles. The predicted molar refractivity (Wildman–Crippen MR) is 172 cm³/mol. The van der Waals surface area contributed by atoms with E-state index in [4.69, 9.17) is 23.2 Å². The lowest BCUT2D eigenvalue weighted by molar-refractivity contribution is -0.141. The molecule has 0 fully saturated rings. The fourth-order valence-electron chi connectivity index (χ4n) is 5.49. The summed E-state index contributed by atoms with van der Waals surface area (Å²) in [5.41, 5.74) is 2.06. The molecule has 0 unspecified atom stereocenters. The molecular weight excluding hydrogens is 605 g/mol. The van der Waals surface area contributed by atoms with Crippen LogP contribution in [0.5, 0.6) is 0 Å². The highest BCUT2D eigenvalue weighted by Gasteiger charge is 2.36. The van der Waals surface area contributed by atoms with Crippen molar-refractivity contribution in [2.75, 3.05) is 17.4 Å². The van der Waals surface area contributed by atoms with Crippen LogP contribution in [0.15, 0.2) is 89.8 Å². The number of carbonyl (C=O) groups excluding carboxylic acids is 2. The van der Waals surface area contributed by atoms with Crippen LogP contribution in [0, 0.1) is 0 Å². The van der Waals surface area contributed by atoms with Crippen molar-refractivity contribution < 1.29 is 18.0 Å². The number of hydrogen-bond acceptors (Lipinski definition) is 4. The van der Waals surface area contributed by atoms with Crippen LogP contribution in [-0.4, -0.2) is 44.3 Å². The zero-order valence-corrected chi connectivity index (χ0v) is 26.1. The van der Waals surface area contributed by atoms with Gasteiger partial charge in [-0.1, -0.05) is 90.8 Å². The van der Waals surface area contributed by atoms with Gasteiger partial charge < -0.3 is 10.2 Å². The molecule has 1 aliphatic rings. The van der Waals surface area contributed by atoms with Gasteiger partial charge in [-0.25, -0.2) is 8.42 Å². The van der Waals surface area contributed by atoms with Crippen LogP contribution in [0.1, 0.15) is 37.3 Å². The summed E-state index contributed by atoms with van der Waals surface area (Å²) in [5, 5.41) is 5.28. The lowest BCUT2D eigenvalue weighted by atomic mass is 10.0. The van der Waals surface area contributed by atoms with Crippen molar-refractivity contribution in [3.63, 3.8) is 0 Å². The maximum Gasteiger partial charge on any atom is 0.265 e. The second kappa shape index (κ2) is 13.4. The number of sulfonamides is 1. The quantitative estimate of drug-likeness (QED) is 0.190. The van der Waals surface area contributed by atoms with Crippen LogP contribution in [0.3, 0.4) is 0 Å². The van der Waals surface area contributed by atoms with Gasteiger partial charge in [-0.2, -0.15) is 0 Å². The molecule has 4 aromatic rings. The van der Waals surface area contributed by atoms with Crippen LogP contribution in [0.2, 0.25) is 10.0 Å². The van der Waals surface area contributed by atoms with E-state index >= 15 is 0 Å². The average Bonchev–Trinajstić information content (AvgIpc) is 3.22. The number of benzene rings is 4. The molecule has 43 heavy (non-hydrogen) atoms. The highest BCUT2D eigenvalue weighted by molar-refractivity contribution is 7.93. The summed E-state index contributed by atoms with van der Waals surface area (Å²) in [6, 6.07) is 24.6. The summed E-state index contributed by atoms with van der Waals surface area (Å²) >= 11 is 13.0. The van der Waals surface area contributed by atoms with Crippen LogP contribution in [0.4, 0.5) is 5.69 Å². The van der Waals surface area contributed by atoms with Crippen molar-refractivity contribution in [2.45, 2.75) is 50.1 Å². The van der Waals surface area contributed by atoms with E-state index in [9.17, 15) is 18.0 Å². The Morgan fingerprint density at radius 2 is 1.58 bits per heavy atom. The van der Waals surface area contributed by atoms with Gasteiger partial charge in [0.15, 0.2) is 0 Å². The van der Waals surface area contributed by atoms with Crippen molar-refractivity contribution >= 4 is 61.5 Å². The zero-order valence-electron chi connectivity index (χ0n) is 23.8. The number of nitrogens with zero attached hydrogens (tertiary/aromatic N) is 2. The monoisotopic (exact) mass is 637 g/mol. The van der Waals surface area contributed by atoms with Gasteiger partial charge in [0.05, 0.1) is 10.6 Å². The minimum atomic E-state index is -3.75. The fraction of sp³-hybridized carbons (Fsp3) is 0.273. The molecule has 5 rings (SSSR count). The molecular formula is C33H33Cl2N3O4S. The molecule has 1 atom stereocenters. The Labute approximate surface area is 262 Å². The average molecular weight is 639 g/mol. The van der Waals surface area contributed by atoms with E-state index in [-0.39, 0.29) is 42.6 Å². The molecule has 224 valence electrons. The standard InChI is InChI=1S/C33H33Cl2N3O4S/c1-2-19-36-33(40)29(21-23-10-4-3-5-11-23)37(22-25-26(34)14-8-15-27(25)35)31(39)18-9-20-38-28-16-6-12-24-13-7-17-30(32(24)28)43(38,41)42/h3-8,10-17,29H,2,9,18-22H2,1H3,(H,36,40)/t29-/m1/s1. The highest BCUT2D eigenvalue weighted by atomic mass is 35.5. The minimum absolute atomic E-state index is 0.0206. The van der Waals surface area contributed by atoms with Crippen molar-refractivity contribution in [2.24, 2.45) is 0 Å². The van der Waals surface area contributed by atoms with Gasteiger partial charge in [0.1, 0.15) is 6.04 Å². The van der Waals surface area contributed by atoms with Crippen LogP contribution in [0.25, 0.3) is 10.8 Å². The van der Waals surface area contributed by atoms with Crippen LogP contribution < -0.4 is 9.62 Å². The summed E-state index contributed by atoms with van der Waals surface area (Å²) in [6.45, 7) is 2.58. The van der Waals surface area contributed by atoms with E-state index in [1.54, 1.807) is 36.4 Å². The lowest BCUT2D eigenvalue weighted by Gasteiger charge is -2.32. The zero-order chi connectivity index (χ0) is 30.6. The maximum atomic E-state index is 14.0. The second-order valence-electron chi connectivity index (χ2n) is 10.5. The summed E-state index contributed by atoms with van der Waals surface area (Å²) in [5.74, 6) is -0.567. The summed E-state index contributed by atoms with van der Waals surface area (Å²) in [6.07, 6.45) is 1.31. The third-order valence-electron chi connectivity index (χ3n) is 7.64. The Hall–Kier alpha value is -3.59. The Bertz CT molecular complexity index is 1720. The van der Waals surface area contributed by atoms with Crippen LogP contribution in [-0.2, 0) is 32.6 Å². The van der Waals surface area contributed by atoms with E-state index in [1.165, 1.54) is 9.21 Å². The molecule has 4 aromatic carbocycles. The molecule has 0 bridgehead atoms. The number of hydrogen-bond donors (Lipinski definition) is 1. The number of rotatable bonds is 12. The Morgan fingerprint density at radius 3 is 2.28 bits per heavy atom. The van der Waals surface area contributed by atoms with Gasteiger partial charge in [0.25, 0.3) is 10.0 Å². The Balaban J connectivity index is 1.42. The van der Waals surface area contributed by atoms with E-state index in [0.29, 0.717) is 39.6 Å². The first-order chi connectivity index (χ1) is 20.7. The molecule has 0 aromatic heterocycles. The predicted octanol–water partition coefficient (Wildman–Crippen LogP) is 6.60. The van der Waals surface area contributed by atoms with Crippen LogP contribution >= 0.6 is 23.2 Å². The number of carbonyl (C=O) groups is 2. The number of nitrogens with one attached hydrogen (secondary N) is 1. The first-order valence-corrected chi connectivity index (χ1v) is 16.5. The molecule has 10 heteroatoms. The SMILES string of the molecule is CCCNC(=O)[C@@H](Cc1ccccc1)N(Cc1c(Cl)cccc1Cl)C(=O)CCCN1c2cccc3cccc(c23)S1(=O)=O. The maximum absolute atomic E-state index is 14.0. The van der Waals surface area contributed by atoms with Gasteiger partial charge in [0, 0.05) is 53.5 Å². The minimum Gasteiger partial charge on any atom is -0.354 e. The number of anilines is 1. The topological polar surface area (TPSA) is 86.8 Å². The summed E-state index contributed by atoms with van der Waals surface area (Å²) in [4.78, 5) is 29.4.